The third-order valence-corrected chi connectivity index (χ3v) is 3.83. The fourth-order valence-electron chi connectivity index (χ4n) is 0.984. The van der Waals surface area contributed by atoms with E-state index in [2.05, 4.69) is 4.72 Å². The summed E-state index contributed by atoms with van der Waals surface area (Å²) in [5, 5.41) is 16.0. The Kier molecular flexibility index (Phi) is 5.41. The quantitative estimate of drug-likeness (QED) is 0.703. The summed E-state index contributed by atoms with van der Waals surface area (Å²) in [6, 6.07) is 0.909. The number of carboxylic acid groups (broad SMARTS) is 1. The second kappa shape index (κ2) is 5.82. The van der Waals surface area contributed by atoms with Crippen LogP contribution in [-0.2, 0) is 14.8 Å². The summed E-state index contributed by atoms with van der Waals surface area (Å²) in [5.41, 5.74) is 0. The molecule has 0 radical (unpaired) electrons. The zero-order chi connectivity index (χ0) is 12.9. The number of rotatable bonds is 6. The van der Waals surface area contributed by atoms with Crippen molar-refractivity contribution in [1.29, 1.82) is 5.26 Å². The Morgan fingerprint density at radius 2 is 1.94 bits per heavy atom. The maximum atomic E-state index is 11.5. The van der Waals surface area contributed by atoms with Crippen LogP contribution >= 0.6 is 0 Å². The van der Waals surface area contributed by atoms with Gasteiger partial charge in [0.1, 0.15) is 0 Å². The number of nitrogens with one attached hydrogen (secondary N) is 1. The summed E-state index contributed by atoms with van der Waals surface area (Å²) >= 11 is 0. The SMILES string of the molecule is CC(C)C(CC(=O)O)NS(=O)(=O)C(C)C#N. The van der Waals surface area contributed by atoms with Crippen LogP contribution in [-0.4, -0.2) is 30.8 Å². The Morgan fingerprint density at radius 1 is 1.44 bits per heavy atom. The predicted molar refractivity (Wildman–Crippen MR) is 58.0 cm³/mol. The lowest BCUT2D eigenvalue weighted by Crippen LogP contribution is -2.43. The van der Waals surface area contributed by atoms with Crippen LogP contribution in [0.2, 0.25) is 0 Å². The standard InChI is InChI=1S/C9H16N2O4S/c1-6(2)8(4-9(12)13)11-16(14,15)7(3)5-10/h6-8,11H,4H2,1-3H3,(H,12,13). The molecule has 0 aliphatic heterocycles. The van der Waals surface area contributed by atoms with E-state index in [1.54, 1.807) is 19.9 Å². The van der Waals surface area contributed by atoms with E-state index in [-0.39, 0.29) is 12.3 Å². The van der Waals surface area contributed by atoms with Crippen LogP contribution < -0.4 is 4.72 Å². The Labute approximate surface area is 95.3 Å². The van der Waals surface area contributed by atoms with E-state index in [1.165, 1.54) is 6.92 Å². The topological polar surface area (TPSA) is 107 Å². The van der Waals surface area contributed by atoms with Gasteiger partial charge in [0.2, 0.25) is 10.0 Å². The second-order valence-electron chi connectivity index (χ2n) is 3.88. The summed E-state index contributed by atoms with van der Waals surface area (Å²) in [6.07, 6.45) is -0.297. The number of nitrogens with zero attached hydrogens (tertiary/aromatic N) is 1. The van der Waals surface area contributed by atoms with E-state index in [1.807, 2.05) is 0 Å². The Balaban J connectivity index is 4.78. The molecule has 0 aliphatic rings. The Hall–Kier alpha value is -1.13. The molecule has 0 rings (SSSR count). The van der Waals surface area contributed by atoms with Crippen molar-refractivity contribution in [3.63, 3.8) is 0 Å². The van der Waals surface area contributed by atoms with Gasteiger partial charge in [-0.2, -0.15) is 5.26 Å². The van der Waals surface area contributed by atoms with Crippen molar-refractivity contribution in [3.05, 3.63) is 0 Å². The van der Waals surface area contributed by atoms with Crippen molar-refractivity contribution >= 4 is 16.0 Å². The summed E-state index contributed by atoms with van der Waals surface area (Å²) < 4.78 is 25.3. The number of aliphatic carboxylic acids is 1. The van der Waals surface area contributed by atoms with Gasteiger partial charge in [-0.3, -0.25) is 4.79 Å². The van der Waals surface area contributed by atoms with E-state index < -0.39 is 27.3 Å². The molecule has 0 saturated carbocycles. The molecule has 0 aromatic carbocycles. The van der Waals surface area contributed by atoms with Crippen LogP contribution in [0.3, 0.4) is 0 Å². The van der Waals surface area contributed by atoms with Crippen molar-refractivity contribution in [3.8, 4) is 6.07 Å². The lowest BCUT2D eigenvalue weighted by molar-refractivity contribution is -0.137. The maximum Gasteiger partial charge on any atom is 0.304 e. The monoisotopic (exact) mass is 248 g/mol. The lowest BCUT2D eigenvalue weighted by Gasteiger charge is -2.21. The predicted octanol–water partition coefficient (Wildman–Crippen LogP) is 0.317. The van der Waals surface area contributed by atoms with E-state index >= 15 is 0 Å². The number of carbonyl (C=O) groups is 1. The Bertz CT molecular complexity index is 383. The molecular weight excluding hydrogens is 232 g/mol. The van der Waals surface area contributed by atoms with E-state index in [0.717, 1.165) is 0 Å². The van der Waals surface area contributed by atoms with Gasteiger partial charge in [0, 0.05) is 6.04 Å². The molecule has 0 amide bonds. The largest absolute Gasteiger partial charge is 0.481 e. The molecule has 2 atom stereocenters. The van der Waals surface area contributed by atoms with Crippen molar-refractivity contribution in [2.24, 2.45) is 5.92 Å². The van der Waals surface area contributed by atoms with Crippen molar-refractivity contribution in [2.75, 3.05) is 0 Å². The van der Waals surface area contributed by atoms with Crippen LogP contribution in [0.1, 0.15) is 27.2 Å². The molecule has 0 aromatic heterocycles. The van der Waals surface area contributed by atoms with Gasteiger partial charge >= 0.3 is 5.97 Å². The first kappa shape index (κ1) is 14.9. The summed E-state index contributed by atoms with van der Waals surface area (Å²) in [5.74, 6) is -1.23. The van der Waals surface area contributed by atoms with Gasteiger partial charge < -0.3 is 5.11 Å². The van der Waals surface area contributed by atoms with Gasteiger partial charge in [-0.1, -0.05) is 13.8 Å². The zero-order valence-electron chi connectivity index (χ0n) is 9.47. The number of hydrogen-bond donors (Lipinski definition) is 2. The summed E-state index contributed by atoms with van der Waals surface area (Å²) in [4.78, 5) is 10.5. The molecule has 16 heavy (non-hydrogen) atoms. The molecule has 0 heterocycles. The van der Waals surface area contributed by atoms with Gasteiger partial charge in [-0.15, -0.1) is 0 Å². The molecule has 0 aliphatic carbocycles. The van der Waals surface area contributed by atoms with Crippen molar-refractivity contribution < 1.29 is 18.3 Å². The first-order valence-corrected chi connectivity index (χ1v) is 6.38. The van der Waals surface area contributed by atoms with Gasteiger partial charge in [0.25, 0.3) is 0 Å². The molecule has 0 fully saturated rings. The van der Waals surface area contributed by atoms with Gasteiger partial charge in [-0.05, 0) is 12.8 Å². The molecule has 0 aromatic rings. The van der Waals surface area contributed by atoms with E-state index in [4.69, 9.17) is 10.4 Å². The first-order valence-electron chi connectivity index (χ1n) is 4.83. The highest BCUT2D eigenvalue weighted by atomic mass is 32.2. The minimum atomic E-state index is -3.77. The van der Waals surface area contributed by atoms with E-state index in [0.29, 0.717) is 0 Å². The van der Waals surface area contributed by atoms with Crippen molar-refractivity contribution in [1.82, 2.24) is 4.72 Å². The van der Waals surface area contributed by atoms with Gasteiger partial charge in [0.15, 0.2) is 5.25 Å². The minimum Gasteiger partial charge on any atom is -0.481 e. The number of nitriles is 1. The average molecular weight is 248 g/mol. The van der Waals surface area contributed by atoms with Crippen molar-refractivity contribution in [2.45, 2.75) is 38.5 Å². The first-order chi connectivity index (χ1) is 7.20. The second-order valence-corrected chi connectivity index (χ2v) is 5.92. The minimum absolute atomic E-state index is 0.156. The number of sulfonamides is 1. The molecule has 92 valence electrons. The van der Waals surface area contributed by atoms with Crippen LogP contribution in [0.5, 0.6) is 0 Å². The van der Waals surface area contributed by atoms with Crippen LogP contribution in [0.15, 0.2) is 0 Å². The molecule has 2 N–H and O–H groups in total. The molecular formula is C9H16N2O4S. The maximum absolute atomic E-state index is 11.5. The third-order valence-electron chi connectivity index (χ3n) is 2.16. The lowest BCUT2D eigenvalue weighted by atomic mass is 10.0. The fourth-order valence-corrected chi connectivity index (χ4v) is 2.10. The summed E-state index contributed by atoms with van der Waals surface area (Å²) in [7, 11) is -3.77. The van der Waals surface area contributed by atoms with Gasteiger partial charge in [-0.25, -0.2) is 13.1 Å². The number of hydrogen-bond acceptors (Lipinski definition) is 4. The molecule has 7 heteroatoms. The third kappa shape index (κ3) is 4.59. The summed E-state index contributed by atoms with van der Waals surface area (Å²) in [6.45, 7) is 4.68. The van der Waals surface area contributed by atoms with Crippen LogP contribution in [0, 0.1) is 17.2 Å². The molecule has 0 bridgehead atoms. The molecule has 0 spiro atoms. The number of carboxylic acids is 1. The Morgan fingerprint density at radius 3 is 2.25 bits per heavy atom. The normalized spacial score (nSPS) is 15.4. The highest BCUT2D eigenvalue weighted by Crippen LogP contribution is 2.09. The molecule has 6 nitrogen and oxygen atoms in total. The average Bonchev–Trinajstić information content (AvgIpc) is 2.14. The van der Waals surface area contributed by atoms with Gasteiger partial charge in [0.05, 0.1) is 12.5 Å². The highest BCUT2D eigenvalue weighted by molar-refractivity contribution is 7.90. The van der Waals surface area contributed by atoms with Crippen LogP contribution in [0.4, 0.5) is 0 Å². The highest BCUT2D eigenvalue weighted by Gasteiger charge is 2.27. The molecule has 0 saturated heterocycles. The van der Waals surface area contributed by atoms with E-state index in [9.17, 15) is 13.2 Å². The molecule has 2 unspecified atom stereocenters. The van der Waals surface area contributed by atoms with Crippen LogP contribution in [0.25, 0.3) is 0 Å². The zero-order valence-corrected chi connectivity index (χ0v) is 10.3. The smallest absolute Gasteiger partial charge is 0.304 e. The fraction of sp³-hybridized carbons (Fsp3) is 0.778.